The van der Waals surface area contributed by atoms with E-state index < -0.39 is 0 Å². The summed E-state index contributed by atoms with van der Waals surface area (Å²) in [6.07, 6.45) is 1.99. The summed E-state index contributed by atoms with van der Waals surface area (Å²) < 4.78 is 6.51. The molecule has 1 fully saturated rings. The van der Waals surface area contributed by atoms with E-state index in [4.69, 9.17) is 4.74 Å². The van der Waals surface area contributed by atoms with Gasteiger partial charge in [-0.25, -0.2) is 4.98 Å². The Morgan fingerprint density at radius 2 is 2.48 bits per heavy atom. The van der Waals surface area contributed by atoms with Gasteiger partial charge in [0.15, 0.2) is 5.13 Å². The van der Waals surface area contributed by atoms with Crippen LogP contribution >= 0.6 is 11.3 Å². The molecule has 2 N–H and O–H groups in total. The Hall–Kier alpha value is -1.66. The highest BCUT2D eigenvalue weighted by atomic mass is 32.1. The highest BCUT2D eigenvalue weighted by Gasteiger charge is 2.21. The Balaban J connectivity index is 1.73. The second-order valence-electron chi connectivity index (χ2n) is 5.11. The van der Waals surface area contributed by atoms with Gasteiger partial charge in [-0.15, -0.1) is 0 Å². The summed E-state index contributed by atoms with van der Waals surface area (Å²) in [5.41, 5.74) is 0.889. The van der Waals surface area contributed by atoms with Crippen molar-refractivity contribution in [1.82, 2.24) is 10.3 Å². The van der Waals surface area contributed by atoms with Gasteiger partial charge in [-0.1, -0.05) is 11.3 Å². The lowest BCUT2D eigenvalue weighted by Gasteiger charge is -2.21. The summed E-state index contributed by atoms with van der Waals surface area (Å²) in [5, 5.41) is 6.86. The van der Waals surface area contributed by atoms with Gasteiger partial charge in [0.05, 0.1) is 22.7 Å². The highest BCUT2D eigenvalue weighted by molar-refractivity contribution is 7.22. The van der Waals surface area contributed by atoms with E-state index >= 15 is 0 Å². The third-order valence-corrected chi connectivity index (χ3v) is 4.50. The molecule has 1 aromatic carbocycles. The number of carbonyl (C=O) groups is 1. The molecule has 112 valence electrons. The minimum Gasteiger partial charge on any atom is -0.494 e. The third kappa shape index (κ3) is 3.33. The summed E-state index contributed by atoms with van der Waals surface area (Å²) in [6.45, 7) is 4.36. The quantitative estimate of drug-likeness (QED) is 0.911. The van der Waals surface area contributed by atoms with E-state index in [1.54, 1.807) is 0 Å². The van der Waals surface area contributed by atoms with Gasteiger partial charge >= 0.3 is 0 Å². The first-order valence-electron chi connectivity index (χ1n) is 7.31. The Labute approximate surface area is 127 Å². The van der Waals surface area contributed by atoms with Crippen LogP contribution in [0.25, 0.3) is 10.2 Å². The average molecular weight is 305 g/mol. The fourth-order valence-electron chi connectivity index (χ4n) is 2.50. The second-order valence-corrected chi connectivity index (χ2v) is 6.14. The monoisotopic (exact) mass is 305 g/mol. The van der Waals surface area contributed by atoms with Gasteiger partial charge in [0, 0.05) is 6.54 Å². The number of nitrogens with zero attached hydrogens (tertiary/aromatic N) is 1. The fourth-order valence-corrected chi connectivity index (χ4v) is 3.40. The zero-order chi connectivity index (χ0) is 14.7. The molecule has 1 aromatic heterocycles. The lowest BCUT2D eigenvalue weighted by molar-refractivity contribution is -0.120. The number of piperidine rings is 1. The number of hydrogen-bond acceptors (Lipinski definition) is 5. The number of carbonyl (C=O) groups excluding carboxylic acids is 1. The molecule has 6 heteroatoms. The maximum absolute atomic E-state index is 12.2. The summed E-state index contributed by atoms with van der Waals surface area (Å²) in [6, 6.07) is 5.80. The predicted octanol–water partition coefficient (Wildman–Crippen LogP) is 2.63. The molecule has 0 bridgehead atoms. The molecule has 0 spiro atoms. The zero-order valence-corrected chi connectivity index (χ0v) is 12.8. The lowest BCUT2D eigenvalue weighted by Crippen LogP contribution is -2.37. The molecule has 5 nitrogen and oxygen atoms in total. The van der Waals surface area contributed by atoms with Crippen molar-refractivity contribution >= 4 is 32.6 Å². The standard InChI is InChI=1S/C15H19N3O2S/c1-2-20-11-5-6-12-13(8-11)21-15(17-12)18-14(19)10-4-3-7-16-9-10/h5-6,8,10,16H,2-4,7,9H2,1H3,(H,17,18,19). The molecule has 3 rings (SSSR count). The highest BCUT2D eigenvalue weighted by Crippen LogP contribution is 2.29. The van der Waals surface area contributed by atoms with Crippen LogP contribution < -0.4 is 15.4 Å². The number of benzene rings is 1. The van der Waals surface area contributed by atoms with E-state index in [0.717, 1.165) is 41.9 Å². The largest absolute Gasteiger partial charge is 0.494 e. The molecule has 0 aliphatic carbocycles. The van der Waals surface area contributed by atoms with Crippen molar-refractivity contribution in [3.63, 3.8) is 0 Å². The van der Waals surface area contributed by atoms with Crippen LogP contribution in [0.1, 0.15) is 19.8 Å². The summed E-state index contributed by atoms with van der Waals surface area (Å²) >= 11 is 1.49. The van der Waals surface area contributed by atoms with Crippen molar-refractivity contribution in [1.29, 1.82) is 0 Å². The van der Waals surface area contributed by atoms with E-state index in [0.29, 0.717) is 11.7 Å². The lowest BCUT2D eigenvalue weighted by atomic mass is 9.99. The molecule has 1 amide bonds. The van der Waals surface area contributed by atoms with Crippen molar-refractivity contribution < 1.29 is 9.53 Å². The van der Waals surface area contributed by atoms with Crippen molar-refractivity contribution in [3.8, 4) is 5.75 Å². The van der Waals surface area contributed by atoms with E-state index in [-0.39, 0.29) is 11.8 Å². The van der Waals surface area contributed by atoms with E-state index in [1.807, 2.05) is 25.1 Å². The fraction of sp³-hybridized carbons (Fsp3) is 0.467. The topological polar surface area (TPSA) is 63.2 Å². The Morgan fingerprint density at radius 1 is 1.57 bits per heavy atom. The minimum atomic E-state index is 0.0461. The van der Waals surface area contributed by atoms with Crippen molar-refractivity contribution in [3.05, 3.63) is 18.2 Å². The van der Waals surface area contributed by atoms with Crippen molar-refractivity contribution in [2.75, 3.05) is 25.0 Å². The first-order valence-corrected chi connectivity index (χ1v) is 8.13. The van der Waals surface area contributed by atoms with Crippen LogP contribution in [0.2, 0.25) is 0 Å². The molecule has 1 unspecified atom stereocenters. The smallest absolute Gasteiger partial charge is 0.230 e. The number of nitrogens with one attached hydrogen (secondary N) is 2. The van der Waals surface area contributed by atoms with E-state index in [1.165, 1.54) is 11.3 Å². The summed E-state index contributed by atoms with van der Waals surface area (Å²) in [4.78, 5) is 16.7. The number of anilines is 1. The number of fused-ring (bicyclic) bond motifs is 1. The number of aromatic nitrogens is 1. The van der Waals surface area contributed by atoms with Gasteiger partial charge < -0.3 is 15.4 Å². The number of thiazole rings is 1. The van der Waals surface area contributed by atoms with Gasteiger partial charge in [-0.2, -0.15) is 0 Å². The molecule has 21 heavy (non-hydrogen) atoms. The zero-order valence-electron chi connectivity index (χ0n) is 12.0. The number of ether oxygens (including phenoxy) is 1. The third-order valence-electron chi connectivity index (χ3n) is 3.57. The van der Waals surface area contributed by atoms with Gasteiger partial charge in [0.2, 0.25) is 5.91 Å². The molecular weight excluding hydrogens is 286 g/mol. The van der Waals surface area contributed by atoms with Gasteiger partial charge in [-0.3, -0.25) is 4.79 Å². The maximum Gasteiger partial charge on any atom is 0.230 e. The van der Waals surface area contributed by atoms with Crippen LogP contribution in [0, 0.1) is 5.92 Å². The number of amides is 1. The van der Waals surface area contributed by atoms with Crippen LogP contribution in [0.15, 0.2) is 18.2 Å². The molecule has 1 aliphatic rings. The molecule has 2 heterocycles. The SMILES string of the molecule is CCOc1ccc2nc(NC(=O)C3CCCNC3)sc2c1. The average Bonchev–Trinajstić information content (AvgIpc) is 2.90. The molecular formula is C15H19N3O2S. The van der Waals surface area contributed by atoms with Crippen LogP contribution in [0.4, 0.5) is 5.13 Å². The molecule has 1 atom stereocenters. The Kier molecular flexibility index (Phi) is 4.36. The summed E-state index contributed by atoms with van der Waals surface area (Å²) in [7, 11) is 0. The molecule has 0 saturated carbocycles. The Bertz CT molecular complexity index is 635. The molecule has 1 saturated heterocycles. The van der Waals surface area contributed by atoms with Gasteiger partial charge in [-0.05, 0) is 44.5 Å². The maximum atomic E-state index is 12.2. The molecule has 1 aliphatic heterocycles. The van der Waals surface area contributed by atoms with Crippen LogP contribution in [-0.4, -0.2) is 30.6 Å². The van der Waals surface area contributed by atoms with Crippen LogP contribution in [0.3, 0.4) is 0 Å². The van der Waals surface area contributed by atoms with E-state index in [2.05, 4.69) is 15.6 Å². The first-order chi connectivity index (χ1) is 10.3. The number of rotatable bonds is 4. The van der Waals surface area contributed by atoms with Crippen LogP contribution in [-0.2, 0) is 4.79 Å². The molecule has 2 aromatic rings. The first kappa shape index (κ1) is 14.3. The molecule has 0 radical (unpaired) electrons. The van der Waals surface area contributed by atoms with Crippen LogP contribution in [0.5, 0.6) is 5.75 Å². The van der Waals surface area contributed by atoms with E-state index in [9.17, 15) is 4.79 Å². The predicted molar refractivity (Wildman–Crippen MR) is 85.0 cm³/mol. The minimum absolute atomic E-state index is 0.0461. The van der Waals surface area contributed by atoms with Crippen molar-refractivity contribution in [2.45, 2.75) is 19.8 Å². The van der Waals surface area contributed by atoms with Gasteiger partial charge in [0.1, 0.15) is 5.75 Å². The van der Waals surface area contributed by atoms with Crippen molar-refractivity contribution in [2.24, 2.45) is 5.92 Å². The Morgan fingerprint density at radius 3 is 3.24 bits per heavy atom. The number of hydrogen-bond donors (Lipinski definition) is 2. The van der Waals surface area contributed by atoms with Gasteiger partial charge in [0.25, 0.3) is 0 Å². The second kappa shape index (κ2) is 6.41. The summed E-state index contributed by atoms with van der Waals surface area (Å²) in [5.74, 6) is 0.944. The normalized spacial score (nSPS) is 18.6.